The number of nitrogen functional groups attached to an aromatic ring is 1. The van der Waals surface area contributed by atoms with Crippen molar-refractivity contribution in [2.24, 2.45) is 0 Å². The van der Waals surface area contributed by atoms with Crippen molar-refractivity contribution in [1.29, 1.82) is 0 Å². The zero-order chi connectivity index (χ0) is 13.1. The highest BCUT2D eigenvalue weighted by Gasteiger charge is 2.03. The average Bonchev–Trinajstić information content (AvgIpc) is 2.33. The average molecular weight is 244 g/mol. The number of aryl methyl sites for hydroxylation is 2. The van der Waals surface area contributed by atoms with Crippen molar-refractivity contribution in [3.05, 3.63) is 35.4 Å². The summed E-state index contributed by atoms with van der Waals surface area (Å²) in [4.78, 5) is 8.03. The van der Waals surface area contributed by atoms with E-state index in [2.05, 4.69) is 41.3 Å². The zero-order valence-electron chi connectivity index (χ0n) is 10.7. The SMILES string of the molecule is COc1cc(Nc2ccc(C)c(C)c2)nc(N)n1. The monoisotopic (exact) mass is 244 g/mol. The number of hydrogen-bond acceptors (Lipinski definition) is 5. The molecule has 0 fully saturated rings. The van der Waals surface area contributed by atoms with Crippen LogP contribution in [-0.4, -0.2) is 17.1 Å². The van der Waals surface area contributed by atoms with E-state index in [1.165, 1.54) is 11.1 Å². The van der Waals surface area contributed by atoms with E-state index in [0.29, 0.717) is 11.7 Å². The van der Waals surface area contributed by atoms with Gasteiger partial charge in [-0.1, -0.05) is 6.07 Å². The predicted molar refractivity (Wildman–Crippen MR) is 72.2 cm³/mol. The standard InChI is InChI=1S/C13H16N4O/c1-8-4-5-10(6-9(8)2)15-11-7-12(18-3)17-13(14)16-11/h4-7H,1-3H3,(H3,14,15,16,17). The van der Waals surface area contributed by atoms with Gasteiger partial charge in [0.15, 0.2) is 0 Å². The third-order valence-corrected chi connectivity index (χ3v) is 2.71. The van der Waals surface area contributed by atoms with Crippen molar-refractivity contribution in [1.82, 2.24) is 9.97 Å². The van der Waals surface area contributed by atoms with E-state index in [1.807, 2.05) is 6.07 Å². The minimum atomic E-state index is 0.181. The number of anilines is 3. The van der Waals surface area contributed by atoms with Crippen LogP contribution in [0.4, 0.5) is 17.5 Å². The number of ether oxygens (including phenoxy) is 1. The Hall–Kier alpha value is -2.30. The summed E-state index contributed by atoms with van der Waals surface area (Å²) in [6.45, 7) is 4.14. The van der Waals surface area contributed by atoms with Crippen LogP contribution in [0.5, 0.6) is 5.88 Å². The van der Waals surface area contributed by atoms with Crippen LogP contribution in [0.15, 0.2) is 24.3 Å². The Bertz CT molecular complexity index is 569. The van der Waals surface area contributed by atoms with Gasteiger partial charge in [0.05, 0.1) is 7.11 Å². The Kier molecular flexibility index (Phi) is 3.32. The lowest BCUT2D eigenvalue weighted by Gasteiger charge is -2.09. The lowest BCUT2D eigenvalue weighted by molar-refractivity contribution is 0.398. The van der Waals surface area contributed by atoms with Gasteiger partial charge in [0, 0.05) is 11.8 Å². The normalized spacial score (nSPS) is 10.2. The maximum atomic E-state index is 5.60. The lowest BCUT2D eigenvalue weighted by atomic mass is 10.1. The smallest absolute Gasteiger partial charge is 0.225 e. The molecule has 0 aliphatic heterocycles. The molecule has 0 aliphatic carbocycles. The maximum Gasteiger partial charge on any atom is 0.225 e. The number of aromatic nitrogens is 2. The summed E-state index contributed by atoms with van der Waals surface area (Å²) < 4.78 is 5.05. The molecule has 0 unspecified atom stereocenters. The van der Waals surface area contributed by atoms with Crippen LogP contribution in [-0.2, 0) is 0 Å². The first-order valence-electron chi connectivity index (χ1n) is 5.61. The Morgan fingerprint density at radius 2 is 1.89 bits per heavy atom. The molecule has 2 aromatic rings. The molecule has 0 saturated heterocycles. The van der Waals surface area contributed by atoms with Crippen molar-refractivity contribution in [3.63, 3.8) is 0 Å². The summed E-state index contributed by atoms with van der Waals surface area (Å²) in [6, 6.07) is 7.80. The lowest BCUT2D eigenvalue weighted by Crippen LogP contribution is -2.02. The number of nitrogens with one attached hydrogen (secondary N) is 1. The number of nitrogens with two attached hydrogens (primary N) is 1. The van der Waals surface area contributed by atoms with Gasteiger partial charge >= 0.3 is 0 Å². The van der Waals surface area contributed by atoms with Crippen molar-refractivity contribution >= 4 is 17.5 Å². The molecule has 18 heavy (non-hydrogen) atoms. The second-order valence-electron chi connectivity index (χ2n) is 4.08. The first kappa shape index (κ1) is 12.2. The molecule has 1 aromatic heterocycles. The van der Waals surface area contributed by atoms with Gasteiger partial charge in [-0.2, -0.15) is 9.97 Å². The Labute approximate surface area is 106 Å². The van der Waals surface area contributed by atoms with Crippen LogP contribution >= 0.6 is 0 Å². The van der Waals surface area contributed by atoms with E-state index in [-0.39, 0.29) is 5.95 Å². The van der Waals surface area contributed by atoms with E-state index in [4.69, 9.17) is 10.5 Å². The molecule has 0 radical (unpaired) electrons. The molecule has 5 heteroatoms. The van der Waals surface area contributed by atoms with Crippen LogP contribution in [0, 0.1) is 13.8 Å². The summed E-state index contributed by atoms with van der Waals surface area (Å²) in [5.74, 6) is 1.23. The number of hydrogen-bond donors (Lipinski definition) is 2. The highest BCUT2D eigenvalue weighted by atomic mass is 16.5. The number of benzene rings is 1. The topological polar surface area (TPSA) is 73.1 Å². The van der Waals surface area contributed by atoms with Crippen LogP contribution in [0.25, 0.3) is 0 Å². The number of nitrogens with zero attached hydrogens (tertiary/aromatic N) is 2. The van der Waals surface area contributed by atoms with Crippen molar-refractivity contribution < 1.29 is 4.74 Å². The summed E-state index contributed by atoms with van der Waals surface area (Å²) in [6.07, 6.45) is 0. The molecule has 1 aromatic carbocycles. The van der Waals surface area contributed by atoms with Gasteiger partial charge in [-0.25, -0.2) is 0 Å². The Morgan fingerprint density at radius 3 is 2.56 bits per heavy atom. The van der Waals surface area contributed by atoms with E-state index in [1.54, 1.807) is 13.2 Å². The second kappa shape index (κ2) is 4.91. The number of methoxy groups -OCH3 is 1. The first-order chi connectivity index (χ1) is 8.58. The highest BCUT2D eigenvalue weighted by molar-refractivity contribution is 5.59. The van der Waals surface area contributed by atoms with E-state index in [0.717, 1.165) is 5.69 Å². The van der Waals surface area contributed by atoms with Crippen LogP contribution in [0.3, 0.4) is 0 Å². The van der Waals surface area contributed by atoms with Gasteiger partial charge in [-0.15, -0.1) is 0 Å². The maximum absolute atomic E-state index is 5.60. The largest absolute Gasteiger partial charge is 0.481 e. The molecular weight excluding hydrogens is 228 g/mol. The molecule has 3 N–H and O–H groups in total. The Morgan fingerprint density at radius 1 is 1.11 bits per heavy atom. The van der Waals surface area contributed by atoms with Crippen LogP contribution in [0.1, 0.15) is 11.1 Å². The molecular formula is C13H16N4O. The minimum absolute atomic E-state index is 0.181. The molecule has 2 rings (SSSR count). The van der Waals surface area contributed by atoms with Crippen LogP contribution in [0.2, 0.25) is 0 Å². The third kappa shape index (κ3) is 2.68. The molecule has 1 heterocycles. The predicted octanol–water partition coefficient (Wildman–Crippen LogP) is 2.43. The highest BCUT2D eigenvalue weighted by Crippen LogP contribution is 2.21. The van der Waals surface area contributed by atoms with Gasteiger partial charge in [-0.05, 0) is 37.1 Å². The number of rotatable bonds is 3. The van der Waals surface area contributed by atoms with E-state index in [9.17, 15) is 0 Å². The zero-order valence-corrected chi connectivity index (χ0v) is 10.7. The van der Waals surface area contributed by atoms with E-state index >= 15 is 0 Å². The first-order valence-corrected chi connectivity index (χ1v) is 5.61. The fourth-order valence-corrected chi connectivity index (χ4v) is 1.58. The molecule has 0 amide bonds. The van der Waals surface area contributed by atoms with Gasteiger partial charge in [0.25, 0.3) is 0 Å². The summed E-state index contributed by atoms with van der Waals surface area (Å²) >= 11 is 0. The molecule has 94 valence electrons. The molecule has 0 atom stereocenters. The van der Waals surface area contributed by atoms with Gasteiger partial charge in [0.1, 0.15) is 5.82 Å². The minimum Gasteiger partial charge on any atom is -0.481 e. The van der Waals surface area contributed by atoms with Crippen molar-refractivity contribution in [2.75, 3.05) is 18.2 Å². The van der Waals surface area contributed by atoms with Crippen LogP contribution < -0.4 is 15.8 Å². The third-order valence-electron chi connectivity index (χ3n) is 2.71. The summed E-state index contributed by atoms with van der Waals surface area (Å²) in [5, 5.41) is 3.18. The molecule has 0 aliphatic rings. The summed E-state index contributed by atoms with van der Waals surface area (Å²) in [5.41, 5.74) is 9.02. The van der Waals surface area contributed by atoms with Gasteiger partial charge in [-0.3, -0.25) is 0 Å². The molecule has 0 saturated carbocycles. The quantitative estimate of drug-likeness (QED) is 0.867. The fraction of sp³-hybridized carbons (Fsp3) is 0.231. The van der Waals surface area contributed by atoms with Gasteiger partial charge < -0.3 is 15.8 Å². The van der Waals surface area contributed by atoms with Crippen molar-refractivity contribution in [2.45, 2.75) is 13.8 Å². The Balaban J connectivity index is 2.27. The summed E-state index contributed by atoms with van der Waals surface area (Å²) in [7, 11) is 1.54. The van der Waals surface area contributed by atoms with Crippen molar-refractivity contribution in [3.8, 4) is 5.88 Å². The molecule has 5 nitrogen and oxygen atoms in total. The molecule has 0 bridgehead atoms. The van der Waals surface area contributed by atoms with Gasteiger partial charge in [0.2, 0.25) is 11.8 Å². The van der Waals surface area contributed by atoms with E-state index < -0.39 is 0 Å². The second-order valence-corrected chi connectivity index (χ2v) is 4.08. The fourth-order valence-electron chi connectivity index (χ4n) is 1.58. The molecule has 0 spiro atoms.